The zero-order valence-corrected chi connectivity index (χ0v) is 15.6. The molecule has 1 aromatic rings. The lowest BCUT2D eigenvalue weighted by atomic mass is 10.1. The first-order valence-electron chi connectivity index (χ1n) is 7.81. The van der Waals surface area contributed by atoms with Gasteiger partial charge >= 0.3 is 0 Å². The molecule has 1 aromatic carbocycles. The standard InChI is InChI=1S/C19H22Cl2.CH5N/c1-3-5-10-16(4-2)11-8-6-7-9-12-17-13-14-18(20)19(21)15-17;1-2/h3-5,8,10-11,13-15H,1,6-7,9,12H2,2H3;2H2,1H3/b10-5-,11-8+,16-4+;. The first kappa shape index (κ1) is 21.7. The quantitative estimate of drug-likeness (QED) is 0.418. The van der Waals surface area contributed by atoms with E-state index in [2.05, 4.69) is 36.6 Å². The van der Waals surface area contributed by atoms with Gasteiger partial charge in [0.15, 0.2) is 0 Å². The maximum absolute atomic E-state index is 6.01. The molecule has 0 bridgehead atoms. The second-order valence-electron chi connectivity index (χ2n) is 4.78. The molecule has 0 aliphatic carbocycles. The number of unbranched alkanes of at least 4 members (excludes halogenated alkanes) is 2. The van der Waals surface area contributed by atoms with Crippen molar-refractivity contribution in [3.8, 4) is 0 Å². The number of aryl methyl sites for hydroxylation is 1. The maximum atomic E-state index is 6.01. The van der Waals surface area contributed by atoms with E-state index in [9.17, 15) is 0 Å². The molecule has 0 spiro atoms. The first-order chi connectivity index (χ1) is 11.2. The molecule has 1 nitrogen and oxygen atoms in total. The summed E-state index contributed by atoms with van der Waals surface area (Å²) in [7, 11) is 1.50. The van der Waals surface area contributed by atoms with Crippen LogP contribution in [0.5, 0.6) is 0 Å². The van der Waals surface area contributed by atoms with Crippen LogP contribution >= 0.6 is 23.2 Å². The van der Waals surface area contributed by atoms with Crippen LogP contribution in [0.2, 0.25) is 10.0 Å². The summed E-state index contributed by atoms with van der Waals surface area (Å²) in [4.78, 5) is 0. The minimum atomic E-state index is 0.620. The Labute approximate surface area is 151 Å². The van der Waals surface area contributed by atoms with Crippen LogP contribution in [0, 0.1) is 0 Å². The highest BCUT2D eigenvalue weighted by Gasteiger charge is 1.99. The van der Waals surface area contributed by atoms with Crippen LogP contribution in [0.1, 0.15) is 31.7 Å². The van der Waals surface area contributed by atoms with Crippen molar-refractivity contribution in [3.63, 3.8) is 0 Å². The van der Waals surface area contributed by atoms with E-state index < -0.39 is 0 Å². The zero-order valence-electron chi connectivity index (χ0n) is 14.1. The number of hydrogen-bond donors (Lipinski definition) is 1. The average molecular weight is 352 g/mol. The van der Waals surface area contributed by atoms with E-state index >= 15 is 0 Å². The van der Waals surface area contributed by atoms with Crippen molar-refractivity contribution in [1.29, 1.82) is 0 Å². The Balaban J connectivity index is 0.00000232. The number of rotatable bonds is 8. The second kappa shape index (κ2) is 14.3. The summed E-state index contributed by atoms with van der Waals surface area (Å²) in [6.07, 6.45) is 16.7. The molecule has 0 fully saturated rings. The molecule has 0 saturated carbocycles. The van der Waals surface area contributed by atoms with Crippen molar-refractivity contribution in [1.82, 2.24) is 0 Å². The minimum Gasteiger partial charge on any atom is -0.333 e. The monoisotopic (exact) mass is 351 g/mol. The summed E-state index contributed by atoms with van der Waals surface area (Å²) >= 11 is 11.9. The van der Waals surface area contributed by atoms with Crippen molar-refractivity contribution in [2.45, 2.75) is 32.6 Å². The van der Waals surface area contributed by atoms with Crippen molar-refractivity contribution < 1.29 is 0 Å². The van der Waals surface area contributed by atoms with Gasteiger partial charge in [-0.2, -0.15) is 0 Å². The predicted octanol–water partition coefficient (Wildman–Crippen LogP) is 6.53. The molecule has 0 atom stereocenters. The van der Waals surface area contributed by atoms with Gasteiger partial charge in [0.05, 0.1) is 10.0 Å². The van der Waals surface area contributed by atoms with Crippen LogP contribution < -0.4 is 5.73 Å². The van der Waals surface area contributed by atoms with E-state index in [4.69, 9.17) is 23.2 Å². The third-order valence-electron chi connectivity index (χ3n) is 3.14. The molecule has 0 heterocycles. The van der Waals surface area contributed by atoms with Crippen LogP contribution in [0.4, 0.5) is 0 Å². The molecular formula is C20H27Cl2N. The summed E-state index contributed by atoms with van der Waals surface area (Å²) in [6.45, 7) is 5.71. The normalized spacial score (nSPS) is 11.6. The predicted molar refractivity (Wildman–Crippen MR) is 106 cm³/mol. The van der Waals surface area contributed by atoms with E-state index in [1.807, 2.05) is 31.2 Å². The van der Waals surface area contributed by atoms with Crippen molar-refractivity contribution in [2.24, 2.45) is 5.73 Å². The molecular weight excluding hydrogens is 325 g/mol. The highest BCUT2D eigenvalue weighted by molar-refractivity contribution is 6.42. The lowest BCUT2D eigenvalue weighted by Gasteiger charge is -2.02. The van der Waals surface area contributed by atoms with E-state index in [0.29, 0.717) is 10.0 Å². The fraction of sp³-hybridized carbons (Fsp3) is 0.300. The Kier molecular flexibility index (Phi) is 13.5. The lowest BCUT2D eigenvalue weighted by Crippen LogP contribution is -1.85. The summed E-state index contributed by atoms with van der Waals surface area (Å²) < 4.78 is 0. The molecule has 2 N–H and O–H groups in total. The van der Waals surface area contributed by atoms with Gasteiger partial charge in [-0.15, -0.1) is 0 Å². The van der Waals surface area contributed by atoms with Crippen LogP contribution in [0.25, 0.3) is 0 Å². The number of allylic oxidation sites excluding steroid dienone is 7. The van der Waals surface area contributed by atoms with Gasteiger partial charge in [-0.05, 0) is 62.9 Å². The van der Waals surface area contributed by atoms with E-state index in [1.165, 1.54) is 24.6 Å². The molecule has 23 heavy (non-hydrogen) atoms. The SMILES string of the molecule is C=C\C=C/C(=C\C)/C=C/CCCCc1ccc(Cl)c(Cl)c1.CN. The van der Waals surface area contributed by atoms with E-state index in [1.54, 1.807) is 6.08 Å². The van der Waals surface area contributed by atoms with E-state index in [-0.39, 0.29) is 0 Å². The largest absolute Gasteiger partial charge is 0.333 e. The minimum absolute atomic E-state index is 0.620. The fourth-order valence-corrected chi connectivity index (χ4v) is 2.25. The molecule has 0 radical (unpaired) electrons. The summed E-state index contributed by atoms with van der Waals surface area (Å²) in [5.74, 6) is 0. The lowest BCUT2D eigenvalue weighted by molar-refractivity contribution is 0.747. The Bertz CT molecular complexity index is 543. The summed E-state index contributed by atoms with van der Waals surface area (Å²) in [5.41, 5.74) is 6.95. The van der Waals surface area contributed by atoms with Gasteiger partial charge < -0.3 is 5.73 Å². The van der Waals surface area contributed by atoms with Crippen LogP contribution in [0.3, 0.4) is 0 Å². The van der Waals surface area contributed by atoms with Gasteiger partial charge in [0, 0.05) is 0 Å². The smallest absolute Gasteiger partial charge is 0.0595 e. The van der Waals surface area contributed by atoms with Gasteiger partial charge in [0.2, 0.25) is 0 Å². The van der Waals surface area contributed by atoms with Crippen LogP contribution in [-0.4, -0.2) is 7.05 Å². The Morgan fingerprint density at radius 3 is 2.48 bits per heavy atom. The van der Waals surface area contributed by atoms with Gasteiger partial charge in [-0.1, -0.05) is 72.3 Å². The molecule has 3 heteroatoms. The fourth-order valence-electron chi connectivity index (χ4n) is 1.93. The van der Waals surface area contributed by atoms with Crippen molar-refractivity contribution in [3.05, 3.63) is 82.4 Å². The van der Waals surface area contributed by atoms with Gasteiger partial charge in [-0.3, -0.25) is 0 Å². The van der Waals surface area contributed by atoms with E-state index in [0.717, 1.165) is 19.3 Å². The van der Waals surface area contributed by atoms with Crippen LogP contribution in [0.15, 0.2) is 66.8 Å². The van der Waals surface area contributed by atoms with Crippen molar-refractivity contribution in [2.75, 3.05) is 7.05 Å². The summed E-state index contributed by atoms with van der Waals surface area (Å²) in [5, 5.41) is 1.26. The number of nitrogens with two attached hydrogens (primary N) is 1. The molecule has 0 unspecified atom stereocenters. The molecule has 126 valence electrons. The Hall–Kier alpha value is -1.28. The number of halogens is 2. The second-order valence-corrected chi connectivity index (χ2v) is 5.59. The molecule has 0 saturated heterocycles. The molecule has 0 amide bonds. The zero-order chi connectivity index (χ0) is 17.5. The Morgan fingerprint density at radius 1 is 1.13 bits per heavy atom. The Morgan fingerprint density at radius 2 is 1.87 bits per heavy atom. The van der Waals surface area contributed by atoms with Gasteiger partial charge in [0.25, 0.3) is 0 Å². The highest BCUT2D eigenvalue weighted by Crippen LogP contribution is 2.23. The number of benzene rings is 1. The molecule has 0 aliphatic heterocycles. The third kappa shape index (κ3) is 10.2. The topological polar surface area (TPSA) is 26.0 Å². The average Bonchev–Trinajstić information content (AvgIpc) is 2.58. The summed E-state index contributed by atoms with van der Waals surface area (Å²) in [6, 6.07) is 5.86. The van der Waals surface area contributed by atoms with Crippen molar-refractivity contribution >= 4 is 23.2 Å². The maximum Gasteiger partial charge on any atom is 0.0595 e. The number of hydrogen-bond acceptors (Lipinski definition) is 1. The molecule has 0 aliphatic rings. The third-order valence-corrected chi connectivity index (χ3v) is 3.88. The first-order valence-corrected chi connectivity index (χ1v) is 8.56. The van der Waals surface area contributed by atoms with Crippen LogP contribution in [-0.2, 0) is 6.42 Å². The molecule has 0 aromatic heterocycles. The molecule has 1 rings (SSSR count). The highest BCUT2D eigenvalue weighted by atomic mass is 35.5. The van der Waals surface area contributed by atoms with Gasteiger partial charge in [0.1, 0.15) is 0 Å². The van der Waals surface area contributed by atoms with Gasteiger partial charge in [-0.25, -0.2) is 0 Å².